The topological polar surface area (TPSA) is 92.7 Å². The van der Waals surface area contributed by atoms with Crippen molar-refractivity contribution in [2.24, 2.45) is 0 Å². The molecule has 2 aromatic heterocycles. The minimum atomic E-state index is -0.109. The van der Waals surface area contributed by atoms with E-state index in [4.69, 9.17) is 4.42 Å². The molecule has 0 saturated carbocycles. The zero-order chi connectivity index (χ0) is 17.8. The molecule has 0 radical (unpaired) electrons. The van der Waals surface area contributed by atoms with Gasteiger partial charge in [0.2, 0.25) is 11.8 Å². The van der Waals surface area contributed by atoms with Crippen molar-refractivity contribution in [3.05, 3.63) is 59.1 Å². The normalized spacial score (nSPS) is 10.4. The van der Waals surface area contributed by atoms with Crippen LogP contribution in [0.25, 0.3) is 11.5 Å². The van der Waals surface area contributed by atoms with Gasteiger partial charge in [0, 0.05) is 16.8 Å². The Morgan fingerprint density at radius 1 is 1.28 bits per heavy atom. The van der Waals surface area contributed by atoms with Gasteiger partial charge >= 0.3 is 0 Å². The standard InChI is InChI=1S/C18H14N4O2S/c1-11-15(12(2)23)8-14(9-19)18(20-11)25-10-16-21-22-17(24-16)13-6-4-3-5-7-13/h3-8H,10H2,1-2H3. The van der Waals surface area contributed by atoms with E-state index in [2.05, 4.69) is 21.3 Å². The summed E-state index contributed by atoms with van der Waals surface area (Å²) in [6.45, 7) is 3.21. The molecule has 0 atom stereocenters. The number of carbonyl (C=O) groups excluding carboxylic acids is 1. The summed E-state index contributed by atoms with van der Waals surface area (Å²) in [4.78, 5) is 15.9. The second-order valence-corrected chi connectivity index (χ2v) is 6.26. The number of nitrogens with zero attached hydrogens (tertiary/aromatic N) is 4. The van der Waals surface area contributed by atoms with Gasteiger partial charge in [-0.3, -0.25) is 4.79 Å². The van der Waals surface area contributed by atoms with Gasteiger partial charge in [-0.15, -0.1) is 10.2 Å². The Kier molecular flexibility index (Phi) is 4.91. The van der Waals surface area contributed by atoms with Crippen molar-refractivity contribution in [2.75, 3.05) is 0 Å². The highest BCUT2D eigenvalue weighted by Crippen LogP contribution is 2.27. The van der Waals surface area contributed by atoms with E-state index in [1.165, 1.54) is 18.7 Å². The molecule has 2 heterocycles. The van der Waals surface area contributed by atoms with E-state index in [0.29, 0.717) is 39.4 Å². The zero-order valence-electron chi connectivity index (χ0n) is 13.7. The van der Waals surface area contributed by atoms with Gasteiger partial charge in [0.25, 0.3) is 0 Å². The maximum absolute atomic E-state index is 11.6. The fraction of sp³-hybridized carbons (Fsp3) is 0.167. The predicted octanol–water partition coefficient (Wildman–Crippen LogP) is 3.81. The molecule has 0 bridgehead atoms. The second kappa shape index (κ2) is 7.28. The van der Waals surface area contributed by atoms with Crippen LogP contribution < -0.4 is 0 Å². The number of pyridine rings is 1. The number of thioether (sulfide) groups is 1. The molecule has 1 aromatic carbocycles. The Labute approximate surface area is 148 Å². The van der Waals surface area contributed by atoms with E-state index in [9.17, 15) is 10.1 Å². The molecular formula is C18H14N4O2S. The summed E-state index contributed by atoms with van der Waals surface area (Å²) >= 11 is 1.33. The molecule has 0 aliphatic carbocycles. The van der Waals surface area contributed by atoms with E-state index in [-0.39, 0.29) is 5.78 Å². The molecule has 0 aliphatic heterocycles. The SMILES string of the molecule is CC(=O)c1cc(C#N)c(SCc2nnc(-c3ccccc3)o2)nc1C. The van der Waals surface area contributed by atoms with Crippen LogP contribution >= 0.6 is 11.8 Å². The molecule has 25 heavy (non-hydrogen) atoms. The number of aryl methyl sites for hydroxylation is 1. The number of ketones is 1. The van der Waals surface area contributed by atoms with Crippen LogP contribution in [0, 0.1) is 18.3 Å². The average Bonchev–Trinajstić information content (AvgIpc) is 3.09. The summed E-state index contributed by atoms with van der Waals surface area (Å²) < 4.78 is 5.65. The Morgan fingerprint density at radius 3 is 2.72 bits per heavy atom. The average molecular weight is 350 g/mol. The first-order chi connectivity index (χ1) is 12.1. The molecule has 0 saturated heterocycles. The zero-order valence-corrected chi connectivity index (χ0v) is 14.5. The fourth-order valence-corrected chi connectivity index (χ4v) is 3.11. The minimum Gasteiger partial charge on any atom is -0.420 e. The number of hydrogen-bond acceptors (Lipinski definition) is 7. The Bertz CT molecular complexity index is 961. The van der Waals surface area contributed by atoms with Gasteiger partial charge in [0.1, 0.15) is 11.1 Å². The quantitative estimate of drug-likeness (QED) is 0.510. The third kappa shape index (κ3) is 3.75. The molecule has 0 spiro atoms. The number of benzene rings is 1. The molecule has 124 valence electrons. The molecule has 0 unspecified atom stereocenters. The number of Topliss-reactive ketones (excluding diaryl/α,β-unsaturated/α-hetero) is 1. The summed E-state index contributed by atoms with van der Waals surface area (Å²) in [6.07, 6.45) is 0. The highest BCUT2D eigenvalue weighted by Gasteiger charge is 2.14. The summed E-state index contributed by atoms with van der Waals surface area (Å²) in [5.41, 5.74) is 2.28. The maximum atomic E-state index is 11.6. The van der Waals surface area contributed by atoms with Crippen LogP contribution in [0.15, 0.2) is 45.8 Å². The molecule has 3 rings (SSSR count). The van der Waals surface area contributed by atoms with Crippen LogP contribution in [-0.2, 0) is 5.75 Å². The summed E-state index contributed by atoms with van der Waals surface area (Å²) in [5, 5.41) is 17.9. The molecule has 0 amide bonds. The molecule has 3 aromatic rings. The second-order valence-electron chi connectivity index (χ2n) is 5.30. The fourth-order valence-electron chi connectivity index (χ4n) is 2.27. The van der Waals surface area contributed by atoms with Crippen LogP contribution in [0.4, 0.5) is 0 Å². The van der Waals surface area contributed by atoms with Crippen LogP contribution in [0.5, 0.6) is 0 Å². The Morgan fingerprint density at radius 2 is 2.04 bits per heavy atom. The number of aromatic nitrogens is 3. The highest BCUT2D eigenvalue weighted by atomic mass is 32.2. The lowest BCUT2D eigenvalue weighted by atomic mass is 10.1. The third-order valence-electron chi connectivity index (χ3n) is 3.50. The summed E-state index contributed by atoms with van der Waals surface area (Å²) in [7, 11) is 0. The van der Waals surface area contributed by atoms with E-state index in [1.807, 2.05) is 30.3 Å². The van der Waals surface area contributed by atoms with Crippen molar-refractivity contribution in [2.45, 2.75) is 24.6 Å². The van der Waals surface area contributed by atoms with Crippen molar-refractivity contribution in [1.82, 2.24) is 15.2 Å². The van der Waals surface area contributed by atoms with Crippen LogP contribution in [0.1, 0.15) is 34.4 Å². The number of nitriles is 1. The largest absolute Gasteiger partial charge is 0.420 e. The van der Waals surface area contributed by atoms with Crippen molar-refractivity contribution < 1.29 is 9.21 Å². The van der Waals surface area contributed by atoms with Crippen molar-refractivity contribution in [3.8, 4) is 17.5 Å². The van der Waals surface area contributed by atoms with Crippen LogP contribution in [0.3, 0.4) is 0 Å². The minimum absolute atomic E-state index is 0.109. The molecule has 0 aliphatic rings. The Hall–Kier alpha value is -2.98. The molecule has 6 nitrogen and oxygen atoms in total. The number of rotatable bonds is 5. The van der Waals surface area contributed by atoms with Crippen LogP contribution in [0.2, 0.25) is 0 Å². The van der Waals surface area contributed by atoms with Gasteiger partial charge in [0.05, 0.1) is 11.3 Å². The first-order valence-electron chi connectivity index (χ1n) is 7.51. The molecule has 7 heteroatoms. The third-order valence-corrected chi connectivity index (χ3v) is 4.47. The van der Waals surface area contributed by atoms with Crippen molar-refractivity contribution >= 4 is 17.5 Å². The highest BCUT2D eigenvalue weighted by molar-refractivity contribution is 7.98. The predicted molar refractivity (Wildman–Crippen MR) is 93.0 cm³/mol. The maximum Gasteiger partial charge on any atom is 0.247 e. The smallest absolute Gasteiger partial charge is 0.247 e. The van der Waals surface area contributed by atoms with E-state index in [1.54, 1.807) is 13.0 Å². The monoisotopic (exact) mass is 350 g/mol. The number of hydrogen-bond donors (Lipinski definition) is 0. The van der Waals surface area contributed by atoms with E-state index >= 15 is 0 Å². The summed E-state index contributed by atoms with van der Waals surface area (Å²) in [5.74, 6) is 1.18. The molecule has 0 N–H and O–H groups in total. The molecule has 0 fully saturated rings. The van der Waals surface area contributed by atoms with Gasteiger partial charge in [-0.05, 0) is 32.0 Å². The van der Waals surface area contributed by atoms with E-state index in [0.717, 1.165) is 5.56 Å². The number of carbonyl (C=O) groups is 1. The van der Waals surface area contributed by atoms with Crippen molar-refractivity contribution in [3.63, 3.8) is 0 Å². The van der Waals surface area contributed by atoms with Gasteiger partial charge in [-0.25, -0.2) is 4.98 Å². The van der Waals surface area contributed by atoms with E-state index < -0.39 is 0 Å². The lowest BCUT2D eigenvalue weighted by Crippen LogP contribution is -2.02. The van der Waals surface area contributed by atoms with Gasteiger partial charge in [-0.2, -0.15) is 5.26 Å². The lowest BCUT2D eigenvalue weighted by Gasteiger charge is -2.06. The van der Waals surface area contributed by atoms with Gasteiger partial charge in [-0.1, -0.05) is 30.0 Å². The first kappa shape index (κ1) is 16.9. The van der Waals surface area contributed by atoms with Gasteiger partial charge in [0.15, 0.2) is 5.78 Å². The first-order valence-corrected chi connectivity index (χ1v) is 8.50. The van der Waals surface area contributed by atoms with Gasteiger partial charge < -0.3 is 4.42 Å². The lowest BCUT2D eigenvalue weighted by molar-refractivity contribution is 0.101. The summed E-state index contributed by atoms with van der Waals surface area (Å²) in [6, 6.07) is 13.2. The van der Waals surface area contributed by atoms with Crippen molar-refractivity contribution in [1.29, 1.82) is 5.26 Å². The van der Waals surface area contributed by atoms with Crippen LogP contribution in [-0.4, -0.2) is 21.0 Å². The Balaban J connectivity index is 1.78. The molecular weight excluding hydrogens is 336 g/mol.